The number of hydrogen-bond donors (Lipinski definition) is 1. The van der Waals surface area contributed by atoms with Crippen LogP contribution in [-0.4, -0.2) is 10.9 Å². The van der Waals surface area contributed by atoms with Crippen LogP contribution >= 0.6 is 23.2 Å². The van der Waals surface area contributed by atoms with Gasteiger partial charge in [-0.2, -0.15) is 0 Å². The average Bonchev–Trinajstić information content (AvgIpc) is 3.52. The number of carbonyl (C=O) groups is 1. The highest BCUT2D eigenvalue weighted by Crippen LogP contribution is 2.33. The second-order valence-electron chi connectivity index (χ2n) is 8.36. The number of nitrogens with zero attached hydrogens (tertiary/aromatic N) is 1. The van der Waals surface area contributed by atoms with Crippen molar-refractivity contribution in [3.63, 3.8) is 0 Å². The van der Waals surface area contributed by atoms with Gasteiger partial charge in [-0.15, -0.1) is 0 Å². The number of rotatable bonds is 6. The number of amides is 1. The number of furan rings is 1. The number of nitrogens with one attached hydrogen (secondary N) is 1. The Morgan fingerprint density at radius 2 is 1.83 bits per heavy atom. The smallest absolute Gasteiger partial charge is 0.248 e. The molecule has 5 aromatic rings. The number of halogens is 2. The third kappa shape index (κ3) is 5.08. The summed E-state index contributed by atoms with van der Waals surface area (Å²) < 4.78 is 11.7. The van der Waals surface area contributed by atoms with Gasteiger partial charge in [-0.3, -0.25) is 4.79 Å². The molecule has 1 N–H and O–H groups in total. The minimum atomic E-state index is -0.315. The van der Waals surface area contributed by atoms with Crippen LogP contribution in [0.3, 0.4) is 0 Å². The van der Waals surface area contributed by atoms with Crippen LogP contribution in [0.4, 0.5) is 5.69 Å². The van der Waals surface area contributed by atoms with Crippen molar-refractivity contribution in [1.29, 1.82) is 0 Å². The standard InChI is InChI=1S/C29H22Cl2N2O3/c1-3-18-5-11-27-25(14-18)33-29(36-27)22-16-20(7-10-23(22)30)32-28(34)13-9-21-8-12-26(35-21)19-6-4-17(2)24(31)15-19/h4-16H,3H2,1-2H3,(H,32,34)/b13-9+. The van der Waals surface area contributed by atoms with Crippen molar-refractivity contribution in [2.75, 3.05) is 5.32 Å². The SMILES string of the molecule is CCc1ccc2oc(-c3cc(NC(=O)/C=C/c4ccc(-c5ccc(C)c(Cl)c5)o4)ccc3Cl)nc2c1. The molecular formula is C29H22Cl2N2O3. The maximum Gasteiger partial charge on any atom is 0.248 e. The van der Waals surface area contributed by atoms with Crippen LogP contribution in [-0.2, 0) is 11.2 Å². The Bertz CT molecular complexity index is 1610. The lowest BCUT2D eigenvalue weighted by Crippen LogP contribution is -2.07. The number of aryl methyl sites for hydroxylation is 2. The van der Waals surface area contributed by atoms with Crippen molar-refractivity contribution in [3.8, 4) is 22.8 Å². The minimum absolute atomic E-state index is 0.315. The first-order valence-electron chi connectivity index (χ1n) is 11.4. The van der Waals surface area contributed by atoms with Crippen molar-refractivity contribution < 1.29 is 13.6 Å². The lowest BCUT2D eigenvalue weighted by Gasteiger charge is -2.05. The van der Waals surface area contributed by atoms with Crippen LogP contribution in [0.25, 0.3) is 40.0 Å². The fraction of sp³-hybridized carbons (Fsp3) is 0.103. The number of oxazole rings is 1. The van der Waals surface area contributed by atoms with Gasteiger partial charge in [0.2, 0.25) is 11.8 Å². The van der Waals surface area contributed by atoms with Gasteiger partial charge in [-0.05, 0) is 79.1 Å². The largest absolute Gasteiger partial charge is 0.457 e. The zero-order valence-corrected chi connectivity index (χ0v) is 21.2. The summed E-state index contributed by atoms with van der Waals surface area (Å²) in [5, 5.41) is 3.99. The molecule has 5 rings (SSSR count). The molecule has 1 amide bonds. The van der Waals surface area contributed by atoms with Crippen molar-refractivity contribution in [3.05, 3.63) is 99.7 Å². The summed E-state index contributed by atoms with van der Waals surface area (Å²) >= 11 is 12.6. The van der Waals surface area contributed by atoms with E-state index in [-0.39, 0.29) is 5.91 Å². The second-order valence-corrected chi connectivity index (χ2v) is 9.17. The Morgan fingerprint density at radius 1 is 0.972 bits per heavy atom. The number of aromatic nitrogens is 1. The predicted molar refractivity (Wildman–Crippen MR) is 145 cm³/mol. The molecule has 36 heavy (non-hydrogen) atoms. The van der Waals surface area contributed by atoms with E-state index >= 15 is 0 Å². The summed E-state index contributed by atoms with van der Waals surface area (Å²) in [5.74, 6) is 1.30. The highest BCUT2D eigenvalue weighted by molar-refractivity contribution is 6.33. The Labute approximate surface area is 218 Å². The summed E-state index contributed by atoms with van der Waals surface area (Å²) in [5.41, 5.74) is 5.65. The van der Waals surface area contributed by atoms with Crippen LogP contribution in [0.1, 0.15) is 23.8 Å². The van der Waals surface area contributed by atoms with Gasteiger partial charge in [-0.25, -0.2) is 4.98 Å². The number of carbonyl (C=O) groups excluding carboxylic acids is 1. The molecule has 5 nitrogen and oxygen atoms in total. The topological polar surface area (TPSA) is 68.3 Å². The summed E-state index contributed by atoms with van der Waals surface area (Å²) in [6.45, 7) is 4.03. The fourth-order valence-electron chi connectivity index (χ4n) is 3.76. The number of anilines is 1. The number of hydrogen-bond acceptors (Lipinski definition) is 4. The van der Waals surface area contributed by atoms with Gasteiger partial charge in [0, 0.05) is 22.3 Å². The average molecular weight is 517 g/mol. The van der Waals surface area contributed by atoms with E-state index in [9.17, 15) is 4.79 Å². The van der Waals surface area contributed by atoms with E-state index in [1.807, 2.05) is 49.4 Å². The van der Waals surface area contributed by atoms with Crippen molar-refractivity contribution in [2.24, 2.45) is 0 Å². The number of benzene rings is 3. The van der Waals surface area contributed by atoms with Gasteiger partial charge >= 0.3 is 0 Å². The molecule has 2 heterocycles. The van der Waals surface area contributed by atoms with Gasteiger partial charge in [0.1, 0.15) is 17.0 Å². The highest BCUT2D eigenvalue weighted by Gasteiger charge is 2.14. The molecule has 0 saturated heterocycles. The van der Waals surface area contributed by atoms with E-state index in [1.54, 1.807) is 30.3 Å². The van der Waals surface area contributed by atoms with E-state index in [0.29, 0.717) is 44.3 Å². The molecule has 3 aromatic carbocycles. The Kier molecular flexibility index (Phi) is 6.68. The summed E-state index contributed by atoms with van der Waals surface area (Å²) in [4.78, 5) is 17.1. The van der Waals surface area contributed by atoms with Crippen LogP contribution in [0, 0.1) is 6.92 Å². The lowest BCUT2D eigenvalue weighted by molar-refractivity contribution is -0.111. The van der Waals surface area contributed by atoms with Crippen molar-refractivity contribution in [2.45, 2.75) is 20.3 Å². The first kappa shape index (κ1) is 23.9. The monoisotopic (exact) mass is 516 g/mol. The molecule has 0 aliphatic heterocycles. The molecule has 0 bridgehead atoms. The normalized spacial score (nSPS) is 11.4. The maximum absolute atomic E-state index is 12.6. The fourth-order valence-corrected chi connectivity index (χ4v) is 4.14. The quantitative estimate of drug-likeness (QED) is 0.229. The van der Waals surface area contributed by atoms with Crippen LogP contribution in [0.5, 0.6) is 0 Å². The summed E-state index contributed by atoms with van der Waals surface area (Å²) in [6.07, 6.45) is 3.93. The maximum atomic E-state index is 12.6. The van der Waals surface area contributed by atoms with Crippen LogP contribution in [0.15, 0.2) is 81.6 Å². The van der Waals surface area contributed by atoms with Gasteiger partial charge in [0.15, 0.2) is 5.58 Å². The Morgan fingerprint density at radius 3 is 2.64 bits per heavy atom. The van der Waals surface area contributed by atoms with E-state index in [1.165, 1.54) is 11.6 Å². The highest BCUT2D eigenvalue weighted by atomic mass is 35.5. The molecule has 0 aliphatic carbocycles. The molecule has 2 aromatic heterocycles. The first-order chi connectivity index (χ1) is 17.4. The minimum Gasteiger partial charge on any atom is -0.457 e. The molecule has 7 heteroatoms. The summed E-state index contributed by atoms with van der Waals surface area (Å²) in [6, 6.07) is 20.5. The van der Waals surface area contributed by atoms with Gasteiger partial charge in [0.05, 0.1) is 10.6 Å². The van der Waals surface area contributed by atoms with E-state index in [4.69, 9.17) is 32.0 Å². The molecule has 0 aliphatic rings. The molecule has 180 valence electrons. The Hall–Kier alpha value is -3.80. The lowest BCUT2D eigenvalue weighted by atomic mass is 10.1. The summed E-state index contributed by atoms with van der Waals surface area (Å²) in [7, 11) is 0. The molecule has 0 spiro atoms. The van der Waals surface area contributed by atoms with Gasteiger partial charge < -0.3 is 14.2 Å². The molecule has 0 unspecified atom stereocenters. The van der Waals surface area contributed by atoms with E-state index in [2.05, 4.69) is 17.2 Å². The Balaban J connectivity index is 1.31. The molecule has 0 saturated carbocycles. The van der Waals surface area contributed by atoms with E-state index < -0.39 is 0 Å². The second kappa shape index (κ2) is 10.1. The number of fused-ring (bicyclic) bond motifs is 1. The third-order valence-electron chi connectivity index (χ3n) is 5.81. The zero-order chi connectivity index (χ0) is 25.2. The van der Waals surface area contributed by atoms with Gasteiger partial charge in [-0.1, -0.05) is 48.3 Å². The van der Waals surface area contributed by atoms with E-state index in [0.717, 1.165) is 23.1 Å². The van der Waals surface area contributed by atoms with Crippen molar-refractivity contribution in [1.82, 2.24) is 4.98 Å². The molecule has 0 fully saturated rings. The first-order valence-corrected chi connectivity index (χ1v) is 12.2. The molecular weight excluding hydrogens is 495 g/mol. The third-order valence-corrected chi connectivity index (χ3v) is 6.54. The molecule has 0 radical (unpaired) electrons. The van der Waals surface area contributed by atoms with Crippen molar-refractivity contribution >= 4 is 52.0 Å². The van der Waals surface area contributed by atoms with Crippen LogP contribution < -0.4 is 5.32 Å². The molecule has 0 atom stereocenters. The van der Waals surface area contributed by atoms with Gasteiger partial charge in [0.25, 0.3) is 0 Å². The van der Waals surface area contributed by atoms with Crippen LogP contribution in [0.2, 0.25) is 10.0 Å². The zero-order valence-electron chi connectivity index (χ0n) is 19.6. The predicted octanol–water partition coefficient (Wildman–Crippen LogP) is 8.58.